The van der Waals surface area contributed by atoms with Gasteiger partial charge >= 0.3 is 0 Å². The Morgan fingerprint density at radius 2 is 1.69 bits per heavy atom. The first-order chi connectivity index (χ1) is 13.9. The molecule has 3 rings (SSSR count). The van der Waals surface area contributed by atoms with Gasteiger partial charge in [-0.1, -0.05) is 49.2 Å². The molecule has 0 aliphatic carbocycles. The molecule has 1 aliphatic rings. The predicted molar refractivity (Wildman–Crippen MR) is 112 cm³/mol. The molecule has 1 heterocycles. The van der Waals surface area contributed by atoms with E-state index in [0.29, 0.717) is 24.5 Å². The van der Waals surface area contributed by atoms with Crippen LogP contribution in [0.4, 0.5) is 0 Å². The summed E-state index contributed by atoms with van der Waals surface area (Å²) in [5.74, 6) is 0.823. The quantitative estimate of drug-likeness (QED) is 0.637. The number of hydrogen-bond acceptors (Lipinski definition) is 5. The molecule has 0 bridgehead atoms. The van der Waals surface area contributed by atoms with Crippen LogP contribution in [0.1, 0.15) is 49.5 Å². The fraction of sp³-hybridized carbons (Fsp3) is 0.478. The zero-order valence-electron chi connectivity index (χ0n) is 16.8. The molecule has 29 heavy (non-hydrogen) atoms. The third-order valence-corrected chi connectivity index (χ3v) is 5.68. The third-order valence-electron chi connectivity index (χ3n) is 5.31. The molecule has 0 saturated carbocycles. The molecule has 0 radical (unpaired) electrons. The van der Waals surface area contributed by atoms with Crippen molar-refractivity contribution in [3.05, 3.63) is 64.2 Å². The van der Waals surface area contributed by atoms with E-state index in [1.807, 2.05) is 44.2 Å². The Kier molecular flexibility index (Phi) is 7.55. The van der Waals surface area contributed by atoms with E-state index in [9.17, 15) is 15.3 Å². The van der Waals surface area contributed by atoms with Crippen LogP contribution in [0.2, 0.25) is 5.02 Å². The Morgan fingerprint density at radius 1 is 0.966 bits per heavy atom. The van der Waals surface area contributed by atoms with E-state index in [0.717, 1.165) is 28.9 Å². The van der Waals surface area contributed by atoms with Crippen LogP contribution in [0, 0.1) is 0 Å². The van der Waals surface area contributed by atoms with Gasteiger partial charge in [-0.25, -0.2) is 0 Å². The number of halogens is 1. The van der Waals surface area contributed by atoms with Crippen LogP contribution >= 0.6 is 11.6 Å². The smallest absolute Gasteiger partial charge is 0.119 e. The second kappa shape index (κ2) is 9.92. The summed E-state index contributed by atoms with van der Waals surface area (Å²) in [5, 5.41) is 31.6. The van der Waals surface area contributed by atoms with E-state index in [-0.39, 0.29) is 0 Å². The average molecular weight is 421 g/mol. The zero-order valence-corrected chi connectivity index (χ0v) is 17.5. The van der Waals surface area contributed by atoms with Crippen LogP contribution in [-0.2, 0) is 11.2 Å². The summed E-state index contributed by atoms with van der Waals surface area (Å²) in [5.41, 5.74) is 2.71. The van der Waals surface area contributed by atoms with Crippen molar-refractivity contribution in [3.8, 4) is 5.75 Å². The molecule has 1 aliphatic heterocycles. The molecule has 1 unspecified atom stereocenters. The minimum atomic E-state index is -1.25. The summed E-state index contributed by atoms with van der Waals surface area (Å²) in [7, 11) is 0. The van der Waals surface area contributed by atoms with Crippen molar-refractivity contribution in [2.24, 2.45) is 0 Å². The lowest BCUT2D eigenvalue weighted by Gasteiger charge is -2.41. The Labute approximate surface area is 176 Å². The van der Waals surface area contributed by atoms with Crippen molar-refractivity contribution in [3.63, 3.8) is 0 Å². The lowest BCUT2D eigenvalue weighted by Crippen LogP contribution is -2.54. The van der Waals surface area contributed by atoms with E-state index in [2.05, 4.69) is 0 Å². The number of benzene rings is 2. The predicted octanol–water partition coefficient (Wildman–Crippen LogP) is 3.65. The van der Waals surface area contributed by atoms with Gasteiger partial charge in [0.2, 0.25) is 0 Å². The molecule has 5 atom stereocenters. The highest BCUT2D eigenvalue weighted by molar-refractivity contribution is 6.31. The fourth-order valence-corrected chi connectivity index (χ4v) is 3.93. The Morgan fingerprint density at radius 3 is 2.34 bits per heavy atom. The van der Waals surface area contributed by atoms with Gasteiger partial charge in [-0.3, -0.25) is 0 Å². The van der Waals surface area contributed by atoms with Gasteiger partial charge in [0.25, 0.3) is 0 Å². The minimum absolute atomic E-state index is 0.520. The van der Waals surface area contributed by atoms with Crippen molar-refractivity contribution in [2.45, 2.75) is 63.6 Å². The average Bonchev–Trinajstić information content (AvgIpc) is 2.72. The molecule has 0 aromatic heterocycles. The molecule has 3 N–H and O–H groups in total. The SMILES string of the molecule is CCCC1O[C@@H](c2ccc(Cl)c(Cc3ccc(OCC)cc3)c2)[C@H](O)[C@@H](O)[C@@H]1O. The lowest BCUT2D eigenvalue weighted by molar-refractivity contribution is -0.226. The number of ether oxygens (including phenoxy) is 2. The molecule has 1 saturated heterocycles. The van der Waals surface area contributed by atoms with E-state index in [1.165, 1.54) is 0 Å². The Balaban J connectivity index is 1.82. The van der Waals surface area contributed by atoms with Crippen molar-refractivity contribution in [1.82, 2.24) is 0 Å². The van der Waals surface area contributed by atoms with Gasteiger partial charge in [0.05, 0.1) is 12.7 Å². The first-order valence-electron chi connectivity index (χ1n) is 10.1. The zero-order chi connectivity index (χ0) is 21.0. The second-order valence-electron chi connectivity index (χ2n) is 7.46. The topological polar surface area (TPSA) is 79.2 Å². The molecule has 0 spiro atoms. The number of rotatable bonds is 7. The van der Waals surface area contributed by atoms with E-state index >= 15 is 0 Å². The molecule has 1 fully saturated rings. The molecule has 2 aromatic carbocycles. The highest BCUT2D eigenvalue weighted by Crippen LogP contribution is 2.35. The Hall–Kier alpha value is -1.63. The van der Waals surface area contributed by atoms with Crippen molar-refractivity contribution < 1.29 is 24.8 Å². The largest absolute Gasteiger partial charge is 0.494 e. The number of aliphatic hydroxyl groups is 3. The first-order valence-corrected chi connectivity index (χ1v) is 10.5. The maximum absolute atomic E-state index is 10.5. The third kappa shape index (κ3) is 5.11. The van der Waals surface area contributed by atoms with Gasteiger partial charge in [-0.15, -0.1) is 0 Å². The number of hydrogen-bond donors (Lipinski definition) is 3. The monoisotopic (exact) mass is 420 g/mol. The normalized spacial score (nSPS) is 27.0. The van der Waals surface area contributed by atoms with Crippen LogP contribution < -0.4 is 4.74 Å². The number of aliphatic hydroxyl groups excluding tert-OH is 3. The molecule has 6 heteroatoms. The highest BCUT2D eigenvalue weighted by atomic mass is 35.5. The summed E-state index contributed by atoms with van der Waals surface area (Å²) in [4.78, 5) is 0. The first kappa shape index (κ1) is 22.1. The minimum Gasteiger partial charge on any atom is -0.494 e. The lowest BCUT2D eigenvalue weighted by atomic mass is 9.88. The molecular formula is C23H29ClO5. The van der Waals surface area contributed by atoms with Crippen molar-refractivity contribution >= 4 is 11.6 Å². The van der Waals surface area contributed by atoms with Gasteiger partial charge in [-0.05, 0) is 54.7 Å². The Bertz CT molecular complexity index is 794. The van der Waals surface area contributed by atoms with Crippen molar-refractivity contribution in [1.29, 1.82) is 0 Å². The van der Waals surface area contributed by atoms with Crippen LogP contribution in [0.25, 0.3) is 0 Å². The van der Waals surface area contributed by atoms with Gasteiger partial charge < -0.3 is 24.8 Å². The highest BCUT2D eigenvalue weighted by Gasteiger charge is 2.43. The molecule has 158 valence electrons. The summed E-state index contributed by atoms with van der Waals surface area (Å²) in [6, 6.07) is 13.3. The van der Waals surface area contributed by atoms with Crippen LogP contribution in [0.15, 0.2) is 42.5 Å². The molecule has 2 aromatic rings. The van der Waals surface area contributed by atoms with E-state index in [4.69, 9.17) is 21.1 Å². The summed E-state index contributed by atoms with van der Waals surface area (Å²) in [6.07, 6.45) is -2.78. The van der Waals surface area contributed by atoms with Gasteiger partial charge in [0.15, 0.2) is 0 Å². The molecular weight excluding hydrogens is 392 g/mol. The summed E-state index contributed by atoms with van der Waals surface area (Å²) in [6.45, 7) is 4.55. The van der Waals surface area contributed by atoms with Crippen LogP contribution in [0.5, 0.6) is 5.75 Å². The van der Waals surface area contributed by atoms with Crippen LogP contribution in [0.3, 0.4) is 0 Å². The van der Waals surface area contributed by atoms with Gasteiger partial charge in [-0.2, -0.15) is 0 Å². The molecule has 0 amide bonds. The maximum Gasteiger partial charge on any atom is 0.119 e. The summed E-state index contributed by atoms with van der Waals surface area (Å²) < 4.78 is 11.5. The maximum atomic E-state index is 10.5. The second-order valence-corrected chi connectivity index (χ2v) is 7.87. The standard InChI is InChI=1S/C23H29ClO5/c1-3-5-19-20(25)21(26)22(27)23(29-19)15-8-11-18(24)16(13-15)12-14-6-9-17(10-7-14)28-4-2/h6-11,13,19-23,25-27H,3-5,12H2,1-2H3/t19?,20-,21+,22-,23+/m1/s1. The van der Waals surface area contributed by atoms with Gasteiger partial charge in [0.1, 0.15) is 30.2 Å². The van der Waals surface area contributed by atoms with E-state index in [1.54, 1.807) is 12.1 Å². The molecule has 5 nitrogen and oxygen atoms in total. The van der Waals surface area contributed by atoms with E-state index < -0.39 is 30.5 Å². The summed E-state index contributed by atoms with van der Waals surface area (Å²) >= 11 is 6.42. The van der Waals surface area contributed by atoms with Gasteiger partial charge in [0, 0.05) is 5.02 Å². The fourth-order valence-electron chi connectivity index (χ4n) is 3.75. The van der Waals surface area contributed by atoms with Crippen molar-refractivity contribution in [2.75, 3.05) is 6.61 Å². The van der Waals surface area contributed by atoms with Crippen LogP contribution in [-0.4, -0.2) is 46.3 Å².